The first kappa shape index (κ1) is 15.6. The lowest BCUT2D eigenvalue weighted by Crippen LogP contribution is -2.40. The Hall–Kier alpha value is -2.81. The molecular formula is C13H17N7O2. The highest BCUT2D eigenvalue weighted by molar-refractivity contribution is 5.73. The second-order valence-electron chi connectivity index (χ2n) is 5.54. The molecule has 0 spiro atoms. The first-order chi connectivity index (χ1) is 10.4. The van der Waals surface area contributed by atoms with E-state index >= 15 is 0 Å². The Labute approximate surface area is 127 Å². The average Bonchev–Trinajstić information content (AvgIpc) is 2.45. The number of hydrogen-bond donors (Lipinski definition) is 3. The fraction of sp³-hybridized carbons (Fsp3) is 0.308. The number of hydrogen-bond acceptors (Lipinski definition) is 8. The topological polar surface area (TPSA) is 118 Å². The van der Waals surface area contributed by atoms with E-state index in [4.69, 9.17) is 0 Å². The second kappa shape index (κ2) is 6.31. The lowest BCUT2D eigenvalue weighted by atomic mass is 10.1. The quantitative estimate of drug-likeness (QED) is 0.568. The van der Waals surface area contributed by atoms with E-state index < -0.39 is 4.92 Å². The number of rotatable bonds is 5. The van der Waals surface area contributed by atoms with E-state index in [-0.39, 0.29) is 22.9 Å². The molecule has 0 aliphatic carbocycles. The molecule has 0 radical (unpaired) electrons. The summed E-state index contributed by atoms with van der Waals surface area (Å²) in [6.07, 6.45) is 4.41. The maximum atomic E-state index is 11.4. The van der Waals surface area contributed by atoms with Gasteiger partial charge in [0.05, 0.1) is 4.92 Å². The Balaban J connectivity index is 2.32. The van der Waals surface area contributed by atoms with Crippen molar-refractivity contribution in [3.05, 3.63) is 41.0 Å². The molecule has 0 aromatic carbocycles. The summed E-state index contributed by atoms with van der Waals surface area (Å²) >= 11 is 0. The van der Waals surface area contributed by atoms with Crippen molar-refractivity contribution in [2.24, 2.45) is 0 Å². The van der Waals surface area contributed by atoms with Crippen LogP contribution in [0.15, 0.2) is 30.9 Å². The van der Waals surface area contributed by atoms with Gasteiger partial charge in [0.1, 0.15) is 6.33 Å². The van der Waals surface area contributed by atoms with Crippen LogP contribution in [0.1, 0.15) is 20.8 Å². The number of anilines is 3. The van der Waals surface area contributed by atoms with Crippen LogP contribution < -0.4 is 16.2 Å². The van der Waals surface area contributed by atoms with Gasteiger partial charge in [-0.3, -0.25) is 20.5 Å². The molecule has 9 heteroatoms. The molecule has 2 aromatic heterocycles. The number of nitro groups is 1. The molecule has 0 amide bonds. The fourth-order valence-electron chi connectivity index (χ4n) is 1.55. The van der Waals surface area contributed by atoms with Gasteiger partial charge in [0, 0.05) is 23.6 Å². The van der Waals surface area contributed by atoms with Gasteiger partial charge in [0.2, 0.25) is 11.6 Å². The molecule has 0 bridgehead atoms. The molecule has 0 saturated heterocycles. The minimum absolute atomic E-state index is 0.0893. The van der Waals surface area contributed by atoms with Crippen LogP contribution >= 0.6 is 0 Å². The van der Waals surface area contributed by atoms with E-state index in [1.807, 2.05) is 20.8 Å². The molecule has 9 nitrogen and oxygen atoms in total. The van der Waals surface area contributed by atoms with Crippen LogP contribution in [0, 0.1) is 10.1 Å². The summed E-state index contributed by atoms with van der Waals surface area (Å²) in [6, 6.07) is 3.37. The van der Waals surface area contributed by atoms with Gasteiger partial charge in [-0.25, -0.2) is 15.4 Å². The van der Waals surface area contributed by atoms with Crippen LogP contribution in [-0.2, 0) is 0 Å². The lowest BCUT2D eigenvalue weighted by Gasteiger charge is -2.21. The molecule has 0 aliphatic rings. The monoisotopic (exact) mass is 303 g/mol. The minimum atomic E-state index is -0.532. The van der Waals surface area contributed by atoms with Gasteiger partial charge in [0.15, 0.2) is 0 Å². The molecular weight excluding hydrogens is 286 g/mol. The van der Waals surface area contributed by atoms with Crippen molar-refractivity contribution in [3.63, 3.8) is 0 Å². The molecule has 0 atom stereocenters. The Morgan fingerprint density at radius 1 is 1.14 bits per heavy atom. The van der Waals surface area contributed by atoms with Crippen molar-refractivity contribution in [3.8, 4) is 0 Å². The summed E-state index contributed by atoms with van der Waals surface area (Å²) in [5.74, 6) is 0.191. The lowest BCUT2D eigenvalue weighted by molar-refractivity contribution is -0.383. The normalized spacial score (nSPS) is 11.0. The van der Waals surface area contributed by atoms with Gasteiger partial charge in [-0.05, 0) is 32.9 Å². The third kappa shape index (κ3) is 4.09. The highest BCUT2D eigenvalue weighted by Gasteiger charge is 2.24. The molecule has 0 fully saturated rings. The summed E-state index contributed by atoms with van der Waals surface area (Å²) < 4.78 is 0. The summed E-state index contributed by atoms with van der Waals surface area (Å²) in [6.45, 7) is 5.76. The third-order valence-electron chi connectivity index (χ3n) is 2.50. The summed E-state index contributed by atoms with van der Waals surface area (Å²) in [4.78, 5) is 22.6. The minimum Gasteiger partial charge on any atom is -0.334 e. The van der Waals surface area contributed by atoms with Crippen molar-refractivity contribution in [2.45, 2.75) is 26.3 Å². The number of aromatic nitrogens is 3. The molecule has 2 rings (SSSR count). The van der Waals surface area contributed by atoms with Crippen LogP contribution in [0.5, 0.6) is 0 Å². The molecule has 2 heterocycles. The first-order valence-electron chi connectivity index (χ1n) is 6.56. The van der Waals surface area contributed by atoms with Crippen molar-refractivity contribution in [1.29, 1.82) is 0 Å². The predicted octanol–water partition coefficient (Wildman–Crippen LogP) is 2.24. The zero-order valence-electron chi connectivity index (χ0n) is 12.5. The Bertz CT molecular complexity index is 655. The van der Waals surface area contributed by atoms with Crippen molar-refractivity contribution in [1.82, 2.24) is 20.4 Å². The average molecular weight is 303 g/mol. The van der Waals surface area contributed by atoms with Gasteiger partial charge in [-0.15, -0.1) is 0 Å². The van der Waals surface area contributed by atoms with Gasteiger partial charge < -0.3 is 5.32 Å². The number of hydrazine groups is 1. The predicted molar refractivity (Wildman–Crippen MR) is 82.7 cm³/mol. The van der Waals surface area contributed by atoms with E-state index in [1.54, 1.807) is 24.5 Å². The smallest absolute Gasteiger partial charge is 0.334 e. The van der Waals surface area contributed by atoms with Crippen molar-refractivity contribution in [2.75, 3.05) is 10.7 Å². The van der Waals surface area contributed by atoms with Gasteiger partial charge in [0.25, 0.3) is 0 Å². The summed E-state index contributed by atoms with van der Waals surface area (Å²) in [5.41, 5.74) is 5.83. The van der Waals surface area contributed by atoms with E-state index in [0.717, 1.165) is 0 Å². The molecule has 0 aliphatic heterocycles. The molecule has 0 saturated carbocycles. The van der Waals surface area contributed by atoms with Crippen LogP contribution in [-0.4, -0.2) is 25.4 Å². The van der Waals surface area contributed by atoms with Crippen LogP contribution in [0.3, 0.4) is 0 Å². The standard InChI is InChI=1S/C13H17N7O2/c1-13(2,3)19-18-12-10(20(21)22)11(15-8-16-12)17-9-4-6-14-7-5-9/h4-8,19H,1-3H3,(H2,14,15,16,17,18). The zero-order chi connectivity index (χ0) is 16.2. The van der Waals surface area contributed by atoms with Gasteiger partial charge >= 0.3 is 5.69 Å². The van der Waals surface area contributed by atoms with Crippen LogP contribution in [0.4, 0.5) is 23.0 Å². The first-order valence-corrected chi connectivity index (χ1v) is 6.56. The van der Waals surface area contributed by atoms with E-state index in [0.29, 0.717) is 5.69 Å². The highest BCUT2D eigenvalue weighted by atomic mass is 16.6. The van der Waals surface area contributed by atoms with E-state index in [1.165, 1.54) is 6.33 Å². The summed E-state index contributed by atoms with van der Waals surface area (Å²) in [5, 5.41) is 14.3. The molecule has 0 unspecified atom stereocenters. The van der Waals surface area contributed by atoms with E-state index in [9.17, 15) is 10.1 Å². The second-order valence-corrected chi connectivity index (χ2v) is 5.54. The van der Waals surface area contributed by atoms with Crippen LogP contribution in [0.25, 0.3) is 0 Å². The Morgan fingerprint density at radius 2 is 1.77 bits per heavy atom. The largest absolute Gasteiger partial charge is 0.354 e. The Kier molecular flexibility index (Phi) is 4.47. The maximum Gasteiger partial charge on any atom is 0.354 e. The maximum absolute atomic E-state index is 11.4. The molecule has 116 valence electrons. The number of pyridine rings is 1. The van der Waals surface area contributed by atoms with Gasteiger partial charge in [-0.1, -0.05) is 0 Å². The Morgan fingerprint density at radius 3 is 2.36 bits per heavy atom. The number of nitrogens with one attached hydrogen (secondary N) is 3. The van der Waals surface area contributed by atoms with Crippen LogP contribution in [0.2, 0.25) is 0 Å². The molecule has 2 aromatic rings. The molecule has 3 N–H and O–H groups in total. The SMILES string of the molecule is CC(C)(C)NNc1ncnc(Nc2ccncc2)c1[N+](=O)[O-]. The van der Waals surface area contributed by atoms with E-state index in [2.05, 4.69) is 31.1 Å². The third-order valence-corrected chi connectivity index (χ3v) is 2.50. The number of nitrogens with zero attached hydrogens (tertiary/aromatic N) is 4. The molecule has 22 heavy (non-hydrogen) atoms. The fourth-order valence-corrected chi connectivity index (χ4v) is 1.55. The highest BCUT2D eigenvalue weighted by Crippen LogP contribution is 2.30. The van der Waals surface area contributed by atoms with Gasteiger partial charge in [-0.2, -0.15) is 0 Å². The van der Waals surface area contributed by atoms with Crippen molar-refractivity contribution < 1.29 is 4.92 Å². The van der Waals surface area contributed by atoms with Crippen molar-refractivity contribution >= 4 is 23.0 Å². The summed E-state index contributed by atoms with van der Waals surface area (Å²) in [7, 11) is 0. The zero-order valence-corrected chi connectivity index (χ0v) is 12.5.